The molecule has 0 bridgehead atoms. The lowest BCUT2D eigenvalue weighted by molar-refractivity contribution is -0.146. The highest BCUT2D eigenvalue weighted by Gasteiger charge is 2.40. The molecule has 7 heteroatoms. The van der Waals surface area contributed by atoms with Gasteiger partial charge in [0, 0.05) is 13.0 Å². The van der Waals surface area contributed by atoms with Crippen molar-refractivity contribution in [3.8, 4) is 0 Å². The summed E-state index contributed by atoms with van der Waals surface area (Å²) in [5.41, 5.74) is 1.70. The standard InChI is InChI=1S/C20H21N3O4/c24-19(21-13-15-8-5-11-26-15)17-9-4-10-23(17)20(25)18-12-16(22-27-18)14-6-2-1-3-7-14/h1-3,5-8,11,17-18H,4,9-10,12-13H2,(H,21,24)/t17-,18+/m1/s1. The molecule has 2 atom stereocenters. The molecule has 4 rings (SSSR count). The topological polar surface area (TPSA) is 84.1 Å². The van der Waals surface area contributed by atoms with Crippen LogP contribution in [0.15, 0.2) is 58.3 Å². The number of nitrogens with one attached hydrogen (secondary N) is 1. The summed E-state index contributed by atoms with van der Waals surface area (Å²) in [4.78, 5) is 32.4. The number of amides is 2. The van der Waals surface area contributed by atoms with Crippen molar-refractivity contribution in [3.05, 3.63) is 60.1 Å². The molecular formula is C20H21N3O4. The average molecular weight is 367 g/mol. The normalized spacial score (nSPS) is 21.6. The molecule has 7 nitrogen and oxygen atoms in total. The Morgan fingerprint density at radius 1 is 1.19 bits per heavy atom. The average Bonchev–Trinajstić information content (AvgIpc) is 3.47. The van der Waals surface area contributed by atoms with E-state index < -0.39 is 12.1 Å². The van der Waals surface area contributed by atoms with E-state index in [9.17, 15) is 9.59 Å². The van der Waals surface area contributed by atoms with Crippen molar-refractivity contribution in [2.45, 2.75) is 38.0 Å². The molecule has 0 radical (unpaired) electrons. The van der Waals surface area contributed by atoms with Gasteiger partial charge in [0.05, 0.1) is 18.5 Å². The van der Waals surface area contributed by atoms with E-state index in [2.05, 4.69) is 10.5 Å². The minimum atomic E-state index is -0.668. The van der Waals surface area contributed by atoms with Crippen LogP contribution in [0.1, 0.15) is 30.6 Å². The molecule has 1 fully saturated rings. The molecule has 1 aromatic carbocycles. The van der Waals surface area contributed by atoms with Crippen molar-refractivity contribution < 1.29 is 18.8 Å². The smallest absolute Gasteiger partial charge is 0.267 e. The van der Waals surface area contributed by atoms with Crippen LogP contribution in [0.5, 0.6) is 0 Å². The monoisotopic (exact) mass is 367 g/mol. The minimum absolute atomic E-state index is 0.167. The zero-order chi connectivity index (χ0) is 18.6. The fourth-order valence-electron chi connectivity index (χ4n) is 3.50. The third-order valence-electron chi connectivity index (χ3n) is 4.91. The fourth-order valence-corrected chi connectivity index (χ4v) is 3.50. The first kappa shape index (κ1) is 17.3. The van der Waals surface area contributed by atoms with Gasteiger partial charge in [-0.2, -0.15) is 0 Å². The molecule has 1 saturated heterocycles. The van der Waals surface area contributed by atoms with Crippen molar-refractivity contribution in [1.82, 2.24) is 10.2 Å². The lowest BCUT2D eigenvalue weighted by atomic mass is 10.0. The van der Waals surface area contributed by atoms with Crippen LogP contribution in [0.25, 0.3) is 0 Å². The van der Waals surface area contributed by atoms with Gasteiger partial charge in [-0.15, -0.1) is 0 Å². The summed E-state index contributed by atoms with van der Waals surface area (Å²) in [6, 6.07) is 12.8. The van der Waals surface area contributed by atoms with Gasteiger partial charge in [0.15, 0.2) is 0 Å². The summed E-state index contributed by atoms with van der Waals surface area (Å²) < 4.78 is 5.23. The minimum Gasteiger partial charge on any atom is -0.467 e. The largest absolute Gasteiger partial charge is 0.467 e. The molecular weight excluding hydrogens is 346 g/mol. The van der Waals surface area contributed by atoms with Gasteiger partial charge in [-0.05, 0) is 30.5 Å². The number of hydrogen-bond donors (Lipinski definition) is 1. The van der Waals surface area contributed by atoms with E-state index in [-0.39, 0.29) is 11.8 Å². The molecule has 2 amide bonds. The predicted molar refractivity (Wildman–Crippen MR) is 97.8 cm³/mol. The lowest BCUT2D eigenvalue weighted by Gasteiger charge is -2.25. The third kappa shape index (κ3) is 3.72. The first-order valence-electron chi connectivity index (χ1n) is 9.11. The third-order valence-corrected chi connectivity index (χ3v) is 4.91. The summed E-state index contributed by atoms with van der Waals surface area (Å²) in [7, 11) is 0. The van der Waals surface area contributed by atoms with Gasteiger partial charge in [-0.1, -0.05) is 35.5 Å². The van der Waals surface area contributed by atoms with Crippen LogP contribution < -0.4 is 5.32 Å². The Kier molecular flexibility index (Phi) is 4.91. The molecule has 0 aliphatic carbocycles. The number of nitrogens with zero attached hydrogens (tertiary/aromatic N) is 2. The van der Waals surface area contributed by atoms with Gasteiger partial charge >= 0.3 is 0 Å². The number of likely N-dealkylation sites (tertiary alicyclic amines) is 1. The zero-order valence-electron chi connectivity index (χ0n) is 14.8. The highest BCUT2D eigenvalue weighted by atomic mass is 16.6. The molecule has 0 saturated carbocycles. The fraction of sp³-hybridized carbons (Fsp3) is 0.350. The van der Waals surface area contributed by atoms with Crippen LogP contribution in [-0.4, -0.2) is 41.1 Å². The predicted octanol–water partition coefficient (Wildman–Crippen LogP) is 2.08. The highest BCUT2D eigenvalue weighted by molar-refractivity contribution is 6.04. The van der Waals surface area contributed by atoms with Gasteiger partial charge in [0.25, 0.3) is 5.91 Å². The molecule has 1 N–H and O–H groups in total. The second kappa shape index (κ2) is 7.65. The summed E-state index contributed by atoms with van der Waals surface area (Å²) in [5, 5.41) is 6.92. The van der Waals surface area contributed by atoms with Crippen molar-refractivity contribution in [2.24, 2.45) is 5.16 Å². The number of carbonyl (C=O) groups excluding carboxylic acids is 2. The lowest BCUT2D eigenvalue weighted by Crippen LogP contribution is -2.49. The van der Waals surface area contributed by atoms with Crippen LogP contribution in [0, 0.1) is 0 Å². The molecule has 0 spiro atoms. The maximum atomic E-state index is 12.9. The zero-order valence-corrected chi connectivity index (χ0v) is 14.8. The van der Waals surface area contributed by atoms with Crippen molar-refractivity contribution in [3.63, 3.8) is 0 Å². The second-order valence-corrected chi connectivity index (χ2v) is 6.69. The number of rotatable bonds is 5. The van der Waals surface area contributed by atoms with Crippen molar-refractivity contribution in [1.29, 1.82) is 0 Å². The number of hydrogen-bond acceptors (Lipinski definition) is 5. The van der Waals surface area contributed by atoms with Gasteiger partial charge in [-0.3, -0.25) is 9.59 Å². The van der Waals surface area contributed by atoms with E-state index in [1.54, 1.807) is 23.3 Å². The Labute approximate surface area is 157 Å². The number of furan rings is 1. The maximum absolute atomic E-state index is 12.9. The Balaban J connectivity index is 1.36. The molecule has 2 aromatic rings. The van der Waals surface area contributed by atoms with Crippen LogP contribution in [-0.2, 0) is 21.0 Å². The SMILES string of the molecule is O=C(NCc1ccco1)[C@H]1CCCN1C(=O)[C@@H]1CC(c2ccccc2)=NO1. The van der Waals surface area contributed by atoms with Crippen LogP contribution in [0.4, 0.5) is 0 Å². The van der Waals surface area contributed by atoms with Crippen molar-refractivity contribution in [2.75, 3.05) is 6.54 Å². The van der Waals surface area contributed by atoms with Gasteiger partial charge in [-0.25, -0.2) is 0 Å². The van der Waals surface area contributed by atoms with E-state index in [1.807, 2.05) is 30.3 Å². The Bertz CT molecular complexity index is 832. The Hall–Kier alpha value is -3.09. The number of benzene rings is 1. The van der Waals surface area contributed by atoms with E-state index in [1.165, 1.54) is 0 Å². The Morgan fingerprint density at radius 3 is 2.81 bits per heavy atom. The van der Waals surface area contributed by atoms with Gasteiger partial charge < -0.3 is 19.5 Å². The molecule has 3 heterocycles. The highest BCUT2D eigenvalue weighted by Crippen LogP contribution is 2.24. The molecule has 1 aromatic heterocycles. The number of oxime groups is 1. The van der Waals surface area contributed by atoms with E-state index in [0.29, 0.717) is 31.7 Å². The summed E-state index contributed by atoms with van der Waals surface area (Å²) in [6.45, 7) is 0.865. The molecule has 0 unspecified atom stereocenters. The van der Waals surface area contributed by atoms with Crippen molar-refractivity contribution >= 4 is 17.5 Å². The quantitative estimate of drug-likeness (QED) is 0.877. The maximum Gasteiger partial charge on any atom is 0.267 e. The summed E-state index contributed by atoms with van der Waals surface area (Å²) >= 11 is 0. The van der Waals surface area contributed by atoms with Crippen LogP contribution in [0.2, 0.25) is 0 Å². The number of carbonyl (C=O) groups is 2. The summed E-state index contributed by atoms with van der Waals surface area (Å²) in [6.07, 6.45) is 2.76. The Morgan fingerprint density at radius 2 is 2.04 bits per heavy atom. The molecule has 140 valence electrons. The van der Waals surface area contributed by atoms with Gasteiger partial charge in [0.1, 0.15) is 11.8 Å². The van der Waals surface area contributed by atoms with Crippen LogP contribution >= 0.6 is 0 Å². The van der Waals surface area contributed by atoms with Crippen LogP contribution in [0.3, 0.4) is 0 Å². The molecule has 2 aliphatic heterocycles. The molecule has 27 heavy (non-hydrogen) atoms. The first-order chi connectivity index (χ1) is 13.2. The van der Waals surface area contributed by atoms with E-state index in [4.69, 9.17) is 9.25 Å². The second-order valence-electron chi connectivity index (χ2n) is 6.69. The first-order valence-corrected chi connectivity index (χ1v) is 9.11. The van der Waals surface area contributed by atoms with E-state index in [0.717, 1.165) is 17.7 Å². The molecule has 2 aliphatic rings. The summed E-state index contributed by atoms with van der Waals surface area (Å²) in [5.74, 6) is 0.332. The van der Waals surface area contributed by atoms with E-state index >= 15 is 0 Å². The van der Waals surface area contributed by atoms with Gasteiger partial charge in [0.2, 0.25) is 12.0 Å².